The number of hydrogen-bond donors (Lipinski definition) is 0. The van der Waals surface area contributed by atoms with Crippen LogP contribution in [0.4, 0.5) is 0 Å². The van der Waals surface area contributed by atoms with Gasteiger partial charge in [-0.25, -0.2) is 9.97 Å². The van der Waals surface area contributed by atoms with E-state index < -0.39 is 0 Å². The van der Waals surface area contributed by atoms with Crippen LogP contribution >= 0.6 is 0 Å². The monoisotopic (exact) mass is 300 g/mol. The summed E-state index contributed by atoms with van der Waals surface area (Å²) >= 11 is 0. The number of oxazole rings is 1. The molecule has 2 heterocycles. The topological polar surface area (TPSA) is 67.6 Å². The molecule has 0 fully saturated rings. The first-order valence-corrected chi connectivity index (χ1v) is 7.14. The number of imidazole rings is 1. The van der Waals surface area contributed by atoms with Crippen LogP contribution < -0.4 is 0 Å². The maximum absolute atomic E-state index is 8.85. The molecule has 0 N–H and O–H groups in total. The first-order valence-electron chi connectivity index (χ1n) is 7.14. The molecule has 0 saturated carbocycles. The lowest BCUT2D eigenvalue weighted by molar-refractivity contribution is 0.575. The summed E-state index contributed by atoms with van der Waals surface area (Å²) < 4.78 is 7.58. The molecule has 2 aromatic carbocycles. The van der Waals surface area contributed by atoms with Gasteiger partial charge in [0.05, 0.1) is 22.7 Å². The number of para-hydroxylation sites is 2. The summed E-state index contributed by atoms with van der Waals surface area (Å²) in [6, 6.07) is 17.2. The number of hydrogen-bond acceptors (Lipinski definition) is 4. The van der Waals surface area contributed by atoms with Crippen molar-refractivity contribution in [2.24, 2.45) is 7.05 Å². The average Bonchev–Trinajstić information content (AvgIpc) is 3.20. The highest BCUT2D eigenvalue weighted by Gasteiger charge is 2.14. The van der Waals surface area contributed by atoms with E-state index in [2.05, 4.69) is 16.0 Å². The Morgan fingerprint density at radius 2 is 1.83 bits per heavy atom. The molecule has 0 bridgehead atoms. The van der Waals surface area contributed by atoms with Crippen molar-refractivity contribution in [3.05, 3.63) is 60.4 Å². The SMILES string of the molecule is Cn1c(-c2coc(-c3ccc(C#N)cc3)n2)nc2ccccc21. The third-order valence-corrected chi connectivity index (χ3v) is 3.78. The Labute approximate surface area is 132 Å². The third-order valence-electron chi connectivity index (χ3n) is 3.78. The Hall–Kier alpha value is -3.39. The second kappa shape index (κ2) is 5.11. The number of nitrogens with zero attached hydrogens (tertiary/aromatic N) is 4. The quantitative estimate of drug-likeness (QED) is 0.565. The Morgan fingerprint density at radius 3 is 2.57 bits per heavy atom. The lowest BCUT2D eigenvalue weighted by Gasteiger charge is -1.97. The zero-order valence-corrected chi connectivity index (χ0v) is 12.4. The van der Waals surface area contributed by atoms with Gasteiger partial charge in [0.2, 0.25) is 5.89 Å². The molecule has 0 aliphatic heterocycles. The normalized spacial score (nSPS) is 10.8. The molecule has 4 rings (SSSR count). The first kappa shape index (κ1) is 13.3. The summed E-state index contributed by atoms with van der Waals surface area (Å²) in [7, 11) is 1.96. The summed E-state index contributed by atoms with van der Waals surface area (Å²) in [5, 5.41) is 8.85. The van der Waals surface area contributed by atoms with Crippen LogP contribution in [0.2, 0.25) is 0 Å². The van der Waals surface area contributed by atoms with E-state index in [-0.39, 0.29) is 0 Å². The zero-order chi connectivity index (χ0) is 15.8. The van der Waals surface area contributed by atoms with Crippen molar-refractivity contribution >= 4 is 11.0 Å². The van der Waals surface area contributed by atoms with Crippen LogP contribution in [-0.4, -0.2) is 14.5 Å². The van der Waals surface area contributed by atoms with Gasteiger partial charge >= 0.3 is 0 Å². The molecule has 2 aromatic heterocycles. The molecule has 5 nitrogen and oxygen atoms in total. The van der Waals surface area contributed by atoms with Crippen molar-refractivity contribution in [2.75, 3.05) is 0 Å². The summed E-state index contributed by atoms with van der Waals surface area (Å²) in [4.78, 5) is 9.14. The maximum atomic E-state index is 8.85. The minimum absolute atomic E-state index is 0.511. The highest BCUT2D eigenvalue weighted by molar-refractivity contribution is 5.79. The van der Waals surface area contributed by atoms with E-state index >= 15 is 0 Å². The Bertz CT molecular complexity index is 1040. The van der Waals surface area contributed by atoms with Gasteiger partial charge < -0.3 is 8.98 Å². The van der Waals surface area contributed by atoms with E-state index in [1.807, 2.05) is 48.0 Å². The second-order valence-electron chi connectivity index (χ2n) is 5.21. The van der Waals surface area contributed by atoms with E-state index in [0.29, 0.717) is 17.1 Å². The van der Waals surface area contributed by atoms with Gasteiger partial charge in [-0.2, -0.15) is 5.26 Å². The maximum Gasteiger partial charge on any atom is 0.226 e. The van der Waals surface area contributed by atoms with Crippen LogP contribution in [0.1, 0.15) is 5.56 Å². The molecular formula is C18H12N4O. The molecule has 0 aliphatic carbocycles. The predicted molar refractivity (Wildman–Crippen MR) is 86.4 cm³/mol. The molecule has 5 heteroatoms. The van der Waals surface area contributed by atoms with Gasteiger partial charge in [0, 0.05) is 12.6 Å². The van der Waals surface area contributed by atoms with E-state index in [1.165, 1.54) is 0 Å². The Kier molecular flexibility index (Phi) is 2.95. The molecule has 0 atom stereocenters. The molecule has 110 valence electrons. The van der Waals surface area contributed by atoms with E-state index in [0.717, 1.165) is 22.4 Å². The Balaban J connectivity index is 1.77. The number of rotatable bonds is 2. The van der Waals surface area contributed by atoms with Crippen LogP contribution in [0, 0.1) is 11.3 Å². The summed E-state index contributed by atoms with van der Waals surface area (Å²) in [6.07, 6.45) is 1.61. The standard InChI is InChI=1S/C18H12N4O/c1-22-16-5-3-2-4-14(16)20-17(22)15-11-23-18(21-15)13-8-6-12(10-19)7-9-13/h2-9,11H,1H3. The number of nitriles is 1. The minimum Gasteiger partial charge on any atom is -0.444 e. The molecule has 0 unspecified atom stereocenters. The lowest BCUT2D eigenvalue weighted by atomic mass is 10.1. The Morgan fingerprint density at radius 1 is 1.04 bits per heavy atom. The minimum atomic E-state index is 0.511. The fourth-order valence-corrected chi connectivity index (χ4v) is 2.57. The van der Waals surface area contributed by atoms with Crippen molar-refractivity contribution in [3.63, 3.8) is 0 Å². The molecule has 4 aromatic rings. The van der Waals surface area contributed by atoms with Gasteiger partial charge in [-0.3, -0.25) is 0 Å². The number of benzene rings is 2. The van der Waals surface area contributed by atoms with E-state index in [4.69, 9.17) is 9.68 Å². The number of fused-ring (bicyclic) bond motifs is 1. The molecule has 23 heavy (non-hydrogen) atoms. The molecule has 0 spiro atoms. The lowest BCUT2D eigenvalue weighted by Crippen LogP contribution is -1.92. The molecule has 0 aliphatic rings. The van der Waals surface area contributed by atoms with Crippen molar-refractivity contribution in [2.45, 2.75) is 0 Å². The van der Waals surface area contributed by atoms with Crippen molar-refractivity contribution < 1.29 is 4.42 Å². The third kappa shape index (κ3) is 2.17. The predicted octanol–water partition coefficient (Wildman–Crippen LogP) is 3.77. The van der Waals surface area contributed by atoms with Crippen molar-refractivity contribution in [3.8, 4) is 29.0 Å². The van der Waals surface area contributed by atoms with E-state index in [9.17, 15) is 0 Å². The fourth-order valence-electron chi connectivity index (χ4n) is 2.57. The molecule has 0 amide bonds. The van der Waals surface area contributed by atoms with Gasteiger partial charge in [0.25, 0.3) is 0 Å². The zero-order valence-electron chi connectivity index (χ0n) is 12.4. The number of aryl methyl sites for hydroxylation is 1. The molecule has 0 saturated heterocycles. The van der Waals surface area contributed by atoms with Crippen LogP contribution in [0.15, 0.2) is 59.2 Å². The van der Waals surface area contributed by atoms with Crippen LogP contribution in [0.3, 0.4) is 0 Å². The van der Waals surface area contributed by atoms with Gasteiger partial charge in [0.1, 0.15) is 12.0 Å². The number of aromatic nitrogens is 3. The summed E-state index contributed by atoms with van der Waals surface area (Å²) in [5.41, 5.74) is 4.09. The van der Waals surface area contributed by atoms with Crippen LogP contribution in [0.25, 0.3) is 34.0 Å². The first-order chi connectivity index (χ1) is 11.3. The largest absolute Gasteiger partial charge is 0.444 e. The van der Waals surface area contributed by atoms with Crippen LogP contribution in [-0.2, 0) is 7.05 Å². The van der Waals surface area contributed by atoms with E-state index in [1.54, 1.807) is 18.4 Å². The van der Waals surface area contributed by atoms with Crippen molar-refractivity contribution in [1.29, 1.82) is 5.26 Å². The molecular weight excluding hydrogens is 288 g/mol. The van der Waals surface area contributed by atoms with Gasteiger partial charge in [0.15, 0.2) is 5.82 Å². The highest BCUT2D eigenvalue weighted by atomic mass is 16.3. The fraction of sp³-hybridized carbons (Fsp3) is 0.0556. The van der Waals surface area contributed by atoms with Crippen LogP contribution in [0.5, 0.6) is 0 Å². The highest BCUT2D eigenvalue weighted by Crippen LogP contribution is 2.26. The van der Waals surface area contributed by atoms with Crippen molar-refractivity contribution in [1.82, 2.24) is 14.5 Å². The second-order valence-corrected chi connectivity index (χ2v) is 5.21. The van der Waals surface area contributed by atoms with Gasteiger partial charge in [-0.15, -0.1) is 0 Å². The van der Waals surface area contributed by atoms with Gasteiger partial charge in [-0.1, -0.05) is 12.1 Å². The average molecular weight is 300 g/mol. The summed E-state index contributed by atoms with van der Waals surface area (Å²) in [5.74, 6) is 1.27. The smallest absolute Gasteiger partial charge is 0.226 e. The molecule has 0 radical (unpaired) electrons. The van der Waals surface area contributed by atoms with Gasteiger partial charge in [-0.05, 0) is 36.4 Å². The summed E-state index contributed by atoms with van der Waals surface area (Å²) in [6.45, 7) is 0.